The number of nitrogens with one attached hydrogen (secondary N) is 1. The van der Waals surface area contributed by atoms with Crippen LogP contribution in [0.4, 0.5) is 0 Å². The van der Waals surface area contributed by atoms with E-state index in [0.29, 0.717) is 0 Å². The third-order valence-corrected chi connectivity index (χ3v) is 1.91. The third-order valence-electron chi connectivity index (χ3n) is 1.91. The van der Waals surface area contributed by atoms with Gasteiger partial charge in [-0.25, -0.2) is 0 Å². The van der Waals surface area contributed by atoms with E-state index in [-0.39, 0.29) is 0 Å². The number of nitrogens with zero attached hydrogens (tertiary/aromatic N) is 1. The van der Waals surface area contributed by atoms with Crippen molar-refractivity contribution < 1.29 is 5.11 Å². The number of aromatic amines is 1. The van der Waals surface area contributed by atoms with E-state index in [9.17, 15) is 5.11 Å². The first kappa shape index (κ1) is 5.92. The van der Waals surface area contributed by atoms with Gasteiger partial charge in [0.1, 0.15) is 0 Å². The molecule has 1 aliphatic rings. The van der Waals surface area contributed by atoms with E-state index in [1.807, 2.05) is 6.07 Å². The van der Waals surface area contributed by atoms with E-state index >= 15 is 0 Å². The first-order valence-corrected chi connectivity index (χ1v) is 3.49. The van der Waals surface area contributed by atoms with Gasteiger partial charge in [0.05, 0.1) is 5.60 Å². The smallest absolute Gasteiger partial charge is 0.0704 e. The molecule has 0 aromatic carbocycles. The van der Waals surface area contributed by atoms with Crippen molar-refractivity contribution in [1.82, 2.24) is 10.2 Å². The summed E-state index contributed by atoms with van der Waals surface area (Å²) < 4.78 is 0. The van der Waals surface area contributed by atoms with Crippen LogP contribution in [-0.2, 0) is 6.42 Å². The fourth-order valence-electron chi connectivity index (χ4n) is 1.06. The lowest BCUT2D eigenvalue weighted by atomic mass is 10.2. The second kappa shape index (κ2) is 1.83. The minimum atomic E-state index is -0.396. The van der Waals surface area contributed by atoms with Crippen LogP contribution < -0.4 is 0 Å². The van der Waals surface area contributed by atoms with Gasteiger partial charge in [-0.3, -0.25) is 5.10 Å². The van der Waals surface area contributed by atoms with Gasteiger partial charge < -0.3 is 5.11 Å². The van der Waals surface area contributed by atoms with Gasteiger partial charge in [-0.2, -0.15) is 5.10 Å². The van der Waals surface area contributed by atoms with Gasteiger partial charge in [0.25, 0.3) is 0 Å². The van der Waals surface area contributed by atoms with Gasteiger partial charge in [0.15, 0.2) is 0 Å². The maximum Gasteiger partial charge on any atom is 0.0704 e. The summed E-state index contributed by atoms with van der Waals surface area (Å²) in [7, 11) is 0. The van der Waals surface area contributed by atoms with Crippen LogP contribution in [0.15, 0.2) is 12.3 Å². The van der Waals surface area contributed by atoms with Crippen molar-refractivity contribution in [2.24, 2.45) is 0 Å². The third kappa shape index (κ3) is 1.04. The molecule has 0 saturated heterocycles. The summed E-state index contributed by atoms with van der Waals surface area (Å²) in [4.78, 5) is 0. The Hall–Kier alpha value is -0.830. The highest BCUT2D eigenvalue weighted by atomic mass is 16.3. The average Bonchev–Trinajstić information content (AvgIpc) is 2.47. The summed E-state index contributed by atoms with van der Waals surface area (Å²) in [5.41, 5.74) is 0.631. The molecule has 10 heavy (non-hydrogen) atoms. The van der Waals surface area contributed by atoms with Crippen LogP contribution in [0.5, 0.6) is 0 Å². The van der Waals surface area contributed by atoms with Crippen molar-refractivity contribution in [1.29, 1.82) is 0 Å². The summed E-state index contributed by atoms with van der Waals surface area (Å²) >= 11 is 0. The molecule has 1 heterocycles. The van der Waals surface area contributed by atoms with Gasteiger partial charge >= 0.3 is 0 Å². The van der Waals surface area contributed by atoms with Crippen molar-refractivity contribution in [2.45, 2.75) is 24.9 Å². The second-order valence-corrected chi connectivity index (χ2v) is 2.98. The van der Waals surface area contributed by atoms with Gasteiger partial charge in [-0.1, -0.05) is 0 Å². The number of rotatable bonds is 2. The quantitative estimate of drug-likeness (QED) is 0.624. The Morgan fingerprint density at radius 2 is 2.50 bits per heavy atom. The molecule has 3 heteroatoms. The summed E-state index contributed by atoms with van der Waals surface area (Å²) in [6, 6.07) is 1.90. The molecule has 0 radical (unpaired) electrons. The van der Waals surface area contributed by atoms with Crippen LogP contribution in [0.1, 0.15) is 18.5 Å². The number of aliphatic hydroxyl groups is 1. The van der Waals surface area contributed by atoms with Crippen LogP contribution >= 0.6 is 0 Å². The van der Waals surface area contributed by atoms with Gasteiger partial charge in [-0.05, 0) is 18.9 Å². The number of aromatic nitrogens is 2. The zero-order chi connectivity index (χ0) is 7.03. The molecular weight excluding hydrogens is 128 g/mol. The predicted octanol–water partition coefficient (Wildman–Crippen LogP) is 0.477. The zero-order valence-corrected chi connectivity index (χ0v) is 5.67. The molecule has 3 nitrogen and oxygen atoms in total. The van der Waals surface area contributed by atoms with Crippen LogP contribution in [0.25, 0.3) is 0 Å². The fourth-order valence-corrected chi connectivity index (χ4v) is 1.06. The van der Waals surface area contributed by atoms with Gasteiger partial charge in [0.2, 0.25) is 0 Å². The molecule has 0 unspecified atom stereocenters. The van der Waals surface area contributed by atoms with E-state index in [2.05, 4.69) is 10.2 Å². The Balaban J connectivity index is 2.04. The molecule has 0 spiro atoms. The molecular formula is C7H10N2O. The largest absolute Gasteiger partial charge is 0.389 e. The molecule has 0 aliphatic heterocycles. The molecule has 2 N–H and O–H groups in total. The zero-order valence-electron chi connectivity index (χ0n) is 5.67. The molecule has 54 valence electrons. The van der Waals surface area contributed by atoms with Crippen molar-refractivity contribution in [3.8, 4) is 0 Å². The topological polar surface area (TPSA) is 48.9 Å². The second-order valence-electron chi connectivity index (χ2n) is 2.98. The van der Waals surface area contributed by atoms with Crippen molar-refractivity contribution in [3.63, 3.8) is 0 Å². The first-order valence-electron chi connectivity index (χ1n) is 3.49. The molecule has 1 aliphatic carbocycles. The van der Waals surface area contributed by atoms with Crippen LogP contribution in [0.3, 0.4) is 0 Å². The average molecular weight is 138 g/mol. The van der Waals surface area contributed by atoms with E-state index in [1.54, 1.807) is 6.20 Å². The molecule has 1 saturated carbocycles. The summed E-state index contributed by atoms with van der Waals surface area (Å²) in [5.74, 6) is 0. The van der Waals surface area contributed by atoms with Crippen LogP contribution in [0.2, 0.25) is 0 Å². The molecule has 1 aromatic rings. The van der Waals surface area contributed by atoms with E-state index in [0.717, 1.165) is 25.0 Å². The number of H-pyrrole nitrogens is 1. The first-order chi connectivity index (χ1) is 4.79. The minimum Gasteiger partial charge on any atom is -0.389 e. The monoisotopic (exact) mass is 138 g/mol. The van der Waals surface area contributed by atoms with E-state index < -0.39 is 5.60 Å². The Bertz CT molecular complexity index is 214. The minimum absolute atomic E-state index is 0.396. The Labute approximate surface area is 59.1 Å². The van der Waals surface area contributed by atoms with Gasteiger partial charge in [-0.15, -0.1) is 0 Å². The Morgan fingerprint density at radius 1 is 1.70 bits per heavy atom. The Morgan fingerprint density at radius 3 is 3.00 bits per heavy atom. The lowest BCUT2D eigenvalue weighted by Crippen LogP contribution is -2.10. The summed E-state index contributed by atoms with van der Waals surface area (Å²) in [6.07, 6.45) is 4.31. The maximum absolute atomic E-state index is 9.45. The molecule has 0 amide bonds. The highest BCUT2D eigenvalue weighted by Gasteiger charge is 2.40. The Kier molecular flexibility index (Phi) is 1.08. The highest BCUT2D eigenvalue weighted by Crippen LogP contribution is 2.37. The molecule has 1 aromatic heterocycles. The lowest BCUT2D eigenvalue weighted by molar-refractivity contribution is 0.149. The molecule has 0 bridgehead atoms. The van der Waals surface area contributed by atoms with Crippen LogP contribution in [0, 0.1) is 0 Å². The molecule has 2 rings (SSSR count). The van der Waals surface area contributed by atoms with E-state index in [4.69, 9.17) is 0 Å². The van der Waals surface area contributed by atoms with Crippen molar-refractivity contribution in [3.05, 3.63) is 18.0 Å². The molecule has 1 fully saturated rings. The standard InChI is InChI=1S/C7H10N2O/c10-7(2-3-7)5-6-1-4-8-9-6/h1,4,10H,2-3,5H2,(H,8,9). The maximum atomic E-state index is 9.45. The summed E-state index contributed by atoms with van der Waals surface area (Å²) in [6.45, 7) is 0. The number of hydrogen-bond acceptors (Lipinski definition) is 2. The number of hydrogen-bond donors (Lipinski definition) is 2. The predicted molar refractivity (Wildman–Crippen MR) is 36.5 cm³/mol. The SMILES string of the molecule is OC1(Cc2ccn[nH]2)CC1. The lowest BCUT2D eigenvalue weighted by Gasteiger charge is -2.02. The highest BCUT2D eigenvalue weighted by molar-refractivity contribution is 5.08. The van der Waals surface area contributed by atoms with E-state index in [1.165, 1.54) is 0 Å². The normalized spacial score (nSPS) is 20.9. The van der Waals surface area contributed by atoms with Crippen molar-refractivity contribution >= 4 is 0 Å². The summed E-state index contributed by atoms with van der Waals surface area (Å²) in [5, 5.41) is 16.1. The van der Waals surface area contributed by atoms with Gasteiger partial charge in [0, 0.05) is 18.3 Å². The van der Waals surface area contributed by atoms with Crippen molar-refractivity contribution in [2.75, 3.05) is 0 Å². The molecule has 0 atom stereocenters. The fraction of sp³-hybridized carbons (Fsp3) is 0.571. The van der Waals surface area contributed by atoms with Crippen LogP contribution in [-0.4, -0.2) is 20.9 Å².